The zero-order chi connectivity index (χ0) is 11.5. The summed E-state index contributed by atoms with van der Waals surface area (Å²) in [5.41, 5.74) is 1.22. The first-order chi connectivity index (χ1) is 7.70. The van der Waals surface area contributed by atoms with Gasteiger partial charge in [0, 0.05) is 16.8 Å². The molecule has 0 aliphatic carbocycles. The van der Waals surface area contributed by atoms with Crippen molar-refractivity contribution in [3.63, 3.8) is 0 Å². The minimum Gasteiger partial charge on any atom is -0.333 e. The quantitative estimate of drug-likeness (QED) is 0.772. The third-order valence-electron chi connectivity index (χ3n) is 2.23. The Bertz CT molecular complexity index is 476. The average Bonchev–Trinajstić information content (AvgIpc) is 2.71. The molecule has 2 aromatic rings. The molecule has 0 radical (unpaired) electrons. The van der Waals surface area contributed by atoms with Crippen molar-refractivity contribution in [3.8, 4) is 0 Å². The number of imidazole rings is 1. The molecule has 2 rings (SSSR count). The molecule has 0 saturated heterocycles. The molecule has 0 bridgehead atoms. The second kappa shape index (κ2) is 4.85. The lowest BCUT2D eigenvalue weighted by molar-refractivity contribution is 0.599. The predicted octanol–water partition coefficient (Wildman–Crippen LogP) is 3.46. The monoisotopic (exact) mass is 258 g/mol. The first kappa shape index (κ1) is 11.4. The van der Waals surface area contributed by atoms with Gasteiger partial charge in [0.1, 0.15) is 5.82 Å². The average molecular weight is 259 g/mol. The molecule has 5 heteroatoms. The van der Waals surface area contributed by atoms with Gasteiger partial charge in [0.2, 0.25) is 0 Å². The number of halogens is 3. The van der Waals surface area contributed by atoms with Crippen LogP contribution in [0.4, 0.5) is 4.39 Å². The Morgan fingerprint density at radius 1 is 1.38 bits per heavy atom. The van der Waals surface area contributed by atoms with Crippen LogP contribution in [-0.2, 0) is 12.4 Å². The summed E-state index contributed by atoms with van der Waals surface area (Å²) in [4.78, 5) is 4.06. The summed E-state index contributed by atoms with van der Waals surface area (Å²) in [6.07, 6.45) is 3.39. The van der Waals surface area contributed by atoms with Gasteiger partial charge in [0.15, 0.2) is 0 Å². The van der Waals surface area contributed by atoms with Crippen LogP contribution in [0.5, 0.6) is 0 Å². The normalized spacial score (nSPS) is 10.7. The molecule has 0 aliphatic rings. The summed E-state index contributed by atoms with van der Waals surface area (Å²) in [5, 5.41) is 0.418. The largest absolute Gasteiger partial charge is 0.333 e. The van der Waals surface area contributed by atoms with Crippen molar-refractivity contribution in [2.45, 2.75) is 12.4 Å². The van der Waals surface area contributed by atoms with E-state index in [-0.39, 0.29) is 5.82 Å². The molecule has 0 fully saturated rings. The molecule has 2 nitrogen and oxygen atoms in total. The van der Waals surface area contributed by atoms with Crippen LogP contribution in [-0.4, -0.2) is 9.55 Å². The third kappa shape index (κ3) is 2.36. The number of hydrogen-bond donors (Lipinski definition) is 0. The van der Waals surface area contributed by atoms with Crippen molar-refractivity contribution in [1.29, 1.82) is 0 Å². The highest BCUT2D eigenvalue weighted by Crippen LogP contribution is 2.20. The summed E-state index contributed by atoms with van der Waals surface area (Å²) in [5.74, 6) is 0.0338. The van der Waals surface area contributed by atoms with Crippen LogP contribution in [0.15, 0.2) is 30.7 Å². The Labute approximate surface area is 103 Å². The maximum atomic E-state index is 13.5. The Morgan fingerprint density at radius 3 is 2.81 bits per heavy atom. The van der Waals surface area contributed by atoms with Gasteiger partial charge in [-0.1, -0.05) is 17.7 Å². The fourth-order valence-electron chi connectivity index (χ4n) is 1.43. The summed E-state index contributed by atoms with van der Waals surface area (Å²) >= 11 is 11.6. The third-order valence-corrected chi connectivity index (χ3v) is 2.85. The molecule has 0 aliphatic heterocycles. The highest BCUT2D eigenvalue weighted by molar-refractivity contribution is 6.31. The topological polar surface area (TPSA) is 17.8 Å². The minimum absolute atomic E-state index is 0.311. The molecule has 84 valence electrons. The molecule has 0 amide bonds. The van der Waals surface area contributed by atoms with Gasteiger partial charge in [0.05, 0.1) is 24.4 Å². The van der Waals surface area contributed by atoms with E-state index in [1.807, 2.05) is 0 Å². The van der Waals surface area contributed by atoms with Crippen molar-refractivity contribution in [3.05, 3.63) is 52.8 Å². The van der Waals surface area contributed by atoms with E-state index >= 15 is 0 Å². The standard InChI is InChI=1S/C11H9Cl2FN2/c12-4-8-5-16(7-15-8)6-9-10(13)2-1-3-11(9)14/h1-3,5,7H,4,6H2. The van der Waals surface area contributed by atoms with Crippen LogP contribution in [0, 0.1) is 5.82 Å². The number of alkyl halides is 1. The minimum atomic E-state index is -0.311. The number of hydrogen-bond acceptors (Lipinski definition) is 1. The molecule has 0 N–H and O–H groups in total. The maximum Gasteiger partial charge on any atom is 0.129 e. The van der Waals surface area contributed by atoms with E-state index in [2.05, 4.69) is 4.98 Å². The summed E-state index contributed by atoms with van der Waals surface area (Å²) in [7, 11) is 0. The molecule has 0 spiro atoms. The number of benzene rings is 1. The smallest absolute Gasteiger partial charge is 0.129 e. The maximum absolute atomic E-state index is 13.5. The predicted molar refractivity (Wildman–Crippen MR) is 62.3 cm³/mol. The molecular weight excluding hydrogens is 250 g/mol. The Kier molecular flexibility index (Phi) is 3.46. The lowest BCUT2D eigenvalue weighted by Gasteiger charge is -2.06. The summed E-state index contributed by atoms with van der Waals surface area (Å²) in [6, 6.07) is 4.64. The molecule has 16 heavy (non-hydrogen) atoms. The molecule has 0 unspecified atom stereocenters. The Morgan fingerprint density at radius 2 is 2.19 bits per heavy atom. The molecule has 0 atom stereocenters. The van der Waals surface area contributed by atoms with E-state index in [1.54, 1.807) is 29.2 Å². The lowest BCUT2D eigenvalue weighted by Crippen LogP contribution is -2.00. The molecular formula is C11H9Cl2FN2. The SMILES string of the molecule is Fc1cccc(Cl)c1Cn1cnc(CCl)c1. The van der Waals surface area contributed by atoms with Gasteiger partial charge in [-0.2, -0.15) is 0 Å². The summed E-state index contributed by atoms with van der Waals surface area (Å²) < 4.78 is 15.2. The Balaban J connectivity index is 2.26. The molecule has 1 heterocycles. The molecule has 1 aromatic carbocycles. The highest BCUT2D eigenvalue weighted by atomic mass is 35.5. The number of aromatic nitrogens is 2. The van der Waals surface area contributed by atoms with Crippen LogP contribution in [0.2, 0.25) is 5.02 Å². The van der Waals surface area contributed by atoms with Crippen LogP contribution < -0.4 is 0 Å². The van der Waals surface area contributed by atoms with Crippen LogP contribution in [0.3, 0.4) is 0 Å². The first-order valence-electron chi connectivity index (χ1n) is 4.70. The highest BCUT2D eigenvalue weighted by Gasteiger charge is 2.07. The van der Waals surface area contributed by atoms with E-state index in [9.17, 15) is 4.39 Å². The fourth-order valence-corrected chi connectivity index (χ4v) is 1.79. The zero-order valence-electron chi connectivity index (χ0n) is 8.33. The van der Waals surface area contributed by atoms with Crippen molar-refractivity contribution < 1.29 is 4.39 Å². The lowest BCUT2D eigenvalue weighted by atomic mass is 10.2. The number of rotatable bonds is 3. The van der Waals surface area contributed by atoms with Crippen molar-refractivity contribution in [2.75, 3.05) is 0 Å². The van der Waals surface area contributed by atoms with E-state index in [0.717, 1.165) is 5.69 Å². The van der Waals surface area contributed by atoms with Crippen LogP contribution >= 0.6 is 23.2 Å². The second-order valence-electron chi connectivity index (χ2n) is 3.37. The van der Waals surface area contributed by atoms with Crippen molar-refractivity contribution in [1.82, 2.24) is 9.55 Å². The molecule has 0 saturated carbocycles. The molecule has 1 aromatic heterocycles. The van der Waals surface area contributed by atoms with Crippen molar-refractivity contribution in [2.24, 2.45) is 0 Å². The number of nitrogens with zero attached hydrogens (tertiary/aromatic N) is 2. The van der Waals surface area contributed by atoms with Crippen LogP contribution in [0.1, 0.15) is 11.3 Å². The van der Waals surface area contributed by atoms with E-state index in [0.29, 0.717) is 23.0 Å². The van der Waals surface area contributed by atoms with E-state index < -0.39 is 0 Å². The zero-order valence-corrected chi connectivity index (χ0v) is 9.84. The van der Waals surface area contributed by atoms with Gasteiger partial charge in [-0.05, 0) is 12.1 Å². The first-order valence-corrected chi connectivity index (χ1v) is 5.61. The Hall–Kier alpha value is -1.06. The van der Waals surface area contributed by atoms with Crippen molar-refractivity contribution >= 4 is 23.2 Å². The van der Waals surface area contributed by atoms with Gasteiger partial charge in [-0.25, -0.2) is 9.37 Å². The second-order valence-corrected chi connectivity index (χ2v) is 4.05. The van der Waals surface area contributed by atoms with Gasteiger partial charge < -0.3 is 4.57 Å². The fraction of sp³-hybridized carbons (Fsp3) is 0.182. The van der Waals surface area contributed by atoms with Gasteiger partial charge in [0.25, 0.3) is 0 Å². The summed E-state index contributed by atoms with van der Waals surface area (Å²) in [6.45, 7) is 0.357. The van der Waals surface area contributed by atoms with Gasteiger partial charge >= 0.3 is 0 Å². The van der Waals surface area contributed by atoms with Gasteiger partial charge in [-0.15, -0.1) is 11.6 Å². The van der Waals surface area contributed by atoms with E-state index in [4.69, 9.17) is 23.2 Å². The van der Waals surface area contributed by atoms with Crippen LogP contribution in [0.25, 0.3) is 0 Å². The van der Waals surface area contributed by atoms with E-state index in [1.165, 1.54) is 6.07 Å². The van der Waals surface area contributed by atoms with Gasteiger partial charge in [-0.3, -0.25) is 0 Å².